The average molecular weight is 333 g/mol. The highest BCUT2D eigenvalue weighted by Crippen LogP contribution is 2.19. The van der Waals surface area contributed by atoms with E-state index in [4.69, 9.17) is 21.6 Å². The molecule has 0 aliphatic heterocycles. The van der Waals surface area contributed by atoms with Crippen molar-refractivity contribution in [3.05, 3.63) is 41.0 Å². The van der Waals surface area contributed by atoms with Gasteiger partial charge in [-0.2, -0.15) is 10.4 Å². The maximum absolute atomic E-state index is 12.3. The van der Waals surface area contributed by atoms with Gasteiger partial charge in [0.05, 0.1) is 24.7 Å². The lowest BCUT2D eigenvalue weighted by Crippen LogP contribution is -2.31. The molecule has 0 aliphatic rings. The van der Waals surface area contributed by atoms with Gasteiger partial charge in [0.15, 0.2) is 6.10 Å². The van der Waals surface area contributed by atoms with Crippen molar-refractivity contribution >= 4 is 23.3 Å². The number of halogens is 1. The molecule has 2 rings (SSSR count). The summed E-state index contributed by atoms with van der Waals surface area (Å²) in [5.41, 5.74) is 0.765. The first kappa shape index (κ1) is 16.8. The molecule has 7 heteroatoms. The molecular weight excluding hydrogens is 316 g/mol. The van der Waals surface area contributed by atoms with Crippen molar-refractivity contribution in [3.8, 4) is 11.8 Å². The summed E-state index contributed by atoms with van der Waals surface area (Å²) in [6.45, 7) is 3.90. The summed E-state index contributed by atoms with van der Waals surface area (Å²) in [7, 11) is 0. The van der Waals surface area contributed by atoms with E-state index < -0.39 is 6.10 Å². The van der Waals surface area contributed by atoms with Gasteiger partial charge in [0.1, 0.15) is 11.6 Å². The topological polar surface area (TPSA) is 79.9 Å². The minimum Gasteiger partial charge on any atom is -0.481 e. The number of ether oxygens (including phenoxy) is 1. The lowest BCUT2D eigenvalue weighted by molar-refractivity contribution is -0.122. The van der Waals surface area contributed by atoms with Gasteiger partial charge in [-0.15, -0.1) is 0 Å². The van der Waals surface area contributed by atoms with Crippen LogP contribution in [-0.2, 0) is 11.3 Å². The van der Waals surface area contributed by atoms with E-state index in [2.05, 4.69) is 16.5 Å². The van der Waals surface area contributed by atoms with Crippen LogP contribution in [0.5, 0.6) is 5.75 Å². The SMILES string of the molecule is Cc1cc(NC(=O)C(C)Oc2cccc(Cl)c2)n(CCC#N)n1. The Bertz CT molecular complexity index is 736. The molecule has 120 valence electrons. The van der Waals surface area contributed by atoms with Crippen molar-refractivity contribution in [1.82, 2.24) is 9.78 Å². The zero-order chi connectivity index (χ0) is 16.8. The molecule has 1 unspecified atom stereocenters. The Kier molecular flexibility index (Phi) is 5.61. The Morgan fingerprint density at radius 1 is 1.52 bits per heavy atom. The monoisotopic (exact) mass is 332 g/mol. The van der Waals surface area contributed by atoms with E-state index in [-0.39, 0.29) is 5.91 Å². The van der Waals surface area contributed by atoms with Gasteiger partial charge in [0.25, 0.3) is 5.91 Å². The van der Waals surface area contributed by atoms with Gasteiger partial charge in [0, 0.05) is 11.1 Å². The normalized spacial score (nSPS) is 11.6. The van der Waals surface area contributed by atoms with E-state index >= 15 is 0 Å². The van der Waals surface area contributed by atoms with Gasteiger partial charge < -0.3 is 10.1 Å². The lowest BCUT2D eigenvalue weighted by Gasteiger charge is -2.15. The number of nitrogens with zero attached hydrogens (tertiary/aromatic N) is 3. The zero-order valence-corrected chi connectivity index (χ0v) is 13.7. The summed E-state index contributed by atoms with van der Waals surface area (Å²) in [6, 6.07) is 10.7. The number of anilines is 1. The van der Waals surface area contributed by atoms with E-state index in [1.165, 1.54) is 0 Å². The first-order valence-electron chi connectivity index (χ1n) is 7.14. The summed E-state index contributed by atoms with van der Waals surface area (Å²) in [5.74, 6) is 0.765. The molecule has 1 amide bonds. The fourth-order valence-electron chi connectivity index (χ4n) is 2.00. The van der Waals surface area contributed by atoms with Gasteiger partial charge >= 0.3 is 0 Å². The van der Waals surface area contributed by atoms with Crippen molar-refractivity contribution in [2.75, 3.05) is 5.32 Å². The summed E-state index contributed by atoms with van der Waals surface area (Å²) in [6.07, 6.45) is -0.383. The Morgan fingerprint density at radius 3 is 3.00 bits per heavy atom. The third-order valence-electron chi connectivity index (χ3n) is 3.07. The number of benzene rings is 1. The van der Waals surface area contributed by atoms with Crippen molar-refractivity contribution in [2.45, 2.75) is 32.9 Å². The van der Waals surface area contributed by atoms with Crippen LogP contribution in [0.3, 0.4) is 0 Å². The fraction of sp³-hybridized carbons (Fsp3) is 0.312. The molecule has 0 saturated carbocycles. The minimum absolute atomic E-state index is 0.303. The third kappa shape index (κ3) is 4.73. The number of nitriles is 1. The van der Waals surface area contributed by atoms with Crippen LogP contribution in [0.1, 0.15) is 19.0 Å². The summed E-state index contributed by atoms with van der Waals surface area (Å²) in [5, 5.41) is 16.2. The second kappa shape index (κ2) is 7.65. The maximum atomic E-state index is 12.3. The van der Waals surface area contributed by atoms with Gasteiger partial charge in [-0.3, -0.25) is 4.79 Å². The molecule has 0 aliphatic carbocycles. The second-order valence-corrected chi connectivity index (χ2v) is 5.45. The Balaban J connectivity index is 2.02. The van der Waals surface area contributed by atoms with Crippen LogP contribution in [0.4, 0.5) is 5.82 Å². The van der Waals surface area contributed by atoms with Gasteiger partial charge in [-0.25, -0.2) is 4.68 Å². The van der Waals surface area contributed by atoms with E-state index in [1.54, 1.807) is 41.9 Å². The molecule has 23 heavy (non-hydrogen) atoms. The Labute approximate surface area is 139 Å². The molecule has 0 spiro atoms. The molecule has 1 atom stereocenters. The molecule has 2 aromatic rings. The lowest BCUT2D eigenvalue weighted by atomic mass is 10.3. The highest BCUT2D eigenvalue weighted by molar-refractivity contribution is 6.30. The highest BCUT2D eigenvalue weighted by atomic mass is 35.5. The zero-order valence-electron chi connectivity index (χ0n) is 12.9. The highest BCUT2D eigenvalue weighted by Gasteiger charge is 2.17. The number of rotatable bonds is 6. The number of amides is 1. The van der Waals surface area contributed by atoms with Crippen molar-refractivity contribution in [2.24, 2.45) is 0 Å². The molecule has 0 fully saturated rings. The van der Waals surface area contributed by atoms with Crippen LogP contribution >= 0.6 is 11.6 Å². The van der Waals surface area contributed by atoms with E-state index in [0.717, 1.165) is 5.69 Å². The first-order valence-corrected chi connectivity index (χ1v) is 7.52. The molecule has 6 nitrogen and oxygen atoms in total. The third-order valence-corrected chi connectivity index (χ3v) is 3.30. The van der Waals surface area contributed by atoms with Crippen LogP contribution < -0.4 is 10.1 Å². The van der Waals surface area contributed by atoms with Gasteiger partial charge in [0.2, 0.25) is 0 Å². The molecule has 0 radical (unpaired) electrons. The Hall–Kier alpha value is -2.52. The van der Waals surface area contributed by atoms with E-state index in [0.29, 0.717) is 29.6 Å². The number of hydrogen-bond donors (Lipinski definition) is 1. The standard InChI is InChI=1S/C16H17ClN4O2/c1-11-9-15(21(20-11)8-4-7-18)19-16(22)12(2)23-14-6-3-5-13(17)10-14/h3,5-6,9-10,12H,4,8H2,1-2H3,(H,19,22). The van der Waals surface area contributed by atoms with Gasteiger partial charge in [-0.05, 0) is 32.0 Å². The van der Waals surface area contributed by atoms with E-state index in [1.807, 2.05) is 6.92 Å². The van der Waals surface area contributed by atoms with Crippen molar-refractivity contribution in [3.63, 3.8) is 0 Å². The summed E-state index contributed by atoms with van der Waals surface area (Å²) < 4.78 is 7.18. The van der Waals surface area contributed by atoms with E-state index in [9.17, 15) is 4.79 Å². The number of hydrogen-bond acceptors (Lipinski definition) is 4. The second-order valence-electron chi connectivity index (χ2n) is 5.01. The first-order chi connectivity index (χ1) is 11.0. The molecule has 1 aromatic carbocycles. The van der Waals surface area contributed by atoms with Crippen molar-refractivity contribution in [1.29, 1.82) is 5.26 Å². The predicted octanol–water partition coefficient (Wildman–Crippen LogP) is 3.16. The predicted molar refractivity (Wildman–Crippen MR) is 87.4 cm³/mol. The molecule has 1 heterocycles. The smallest absolute Gasteiger partial charge is 0.266 e. The number of carbonyl (C=O) groups excluding carboxylic acids is 1. The quantitative estimate of drug-likeness (QED) is 0.881. The number of nitrogens with one attached hydrogen (secondary N) is 1. The average Bonchev–Trinajstić information content (AvgIpc) is 2.84. The summed E-state index contributed by atoms with van der Waals surface area (Å²) in [4.78, 5) is 12.3. The van der Waals surface area contributed by atoms with Crippen LogP contribution in [0.15, 0.2) is 30.3 Å². The molecule has 1 N–H and O–H groups in total. The van der Waals surface area contributed by atoms with Crippen molar-refractivity contribution < 1.29 is 9.53 Å². The Morgan fingerprint density at radius 2 is 2.30 bits per heavy atom. The maximum Gasteiger partial charge on any atom is 0.266 e. The fourth-order valence-corrected chi connectivity index (χ4v) is 2.18. The number of aromatic nitrogens is 2. The molecule has 0 bridgehead atoms. The molecule has 0 saturated heterocycles. The van der Waals surface area contributed by atoms with Crippen LogP contribution in [0, 0.1) is 18.3 Å². The van der Waals surface area contributed by atoms with Crippen LogP contribution in [0.25, 0.3) is 0 Å². The van der Waals surface area contributed by atoms with Crippen LogP contribution in [0.2, 0.25) is 5.02 Å². The summed E-state index contributed by atoms with van der Waals surface area (Å²) >= 11 is 5.89. The van der Waals surface area contributed by atoms with Crippen LogP contribution in [-0.4, -0.2) is 21.8 Å². The number of aryl methyl sites for hydroxylation is 2. The number of carbonyl (C=O) groups is 1. The van der Waals surface area contributed by atoms with Gasteiger partial charge in [-0.1, -0.05) is 17.7 Å². The largest absolute Gasteiger partial charge is 0.481 e. The molecular formula is C16H17ClN4O2. The minimum atomic E-state index is -0.701. The molecule has 1 aromatic heterocycles.